The predicted molar refractivity (Wildman–Crippen MR) is 143 cm³/mol. The average molecular weight is 496 g/mol. The maximum atomic E-state index is 6.21. The van der Waals surface area contributed by atoms with Gasteiger partial charge in [0.15, 0.2) is 5.82 Å². The van der Waals surface area contributed by atoms with Crippen molar-refractivity contribution in [3.8, 4) is 28.5 Å². The fourth-order valence-corrected chi connectivity index (χ4v) is 4.72. The van der Waals surface area contributed by atoms with Gasteiger partial charge < -0.3 is 15.0 Å². The Kier molecular flexibility index (Phi) is 5.80. The molecule has 0 spiro atoms. The van der Waals surface area contributed by atoms with E-state index < -0.39 is 0 Å². The minimum absolute atomic E-state index is 0.0881. The summed E-state index contributed by atoms with van der Waals surface area (Å²) in [5.41, 5.74) is 4.99. The van der Waals surface area contributed by atoms with Gasteiger partial charge in [-0.1, -0.05) is 18.2 Å². The Labute approximate surface area is 214 Å². The van der Waals surface area contributed by atoms with Crippen molar-refractivity contribution in [3.63, 3.8) is 0 Å². The number of pyridine rings is 1. The SMILES string of the molecule is C[C@H]1CCOc2c(cnn2C)-c2nccc(n2)Nc2cc3c(cn2)c(-c2cccc(CN(C)C)c2)nn31. The predicted octanol–water partition coefficient (Wildman–Crippen LogP) is 4.44. The van der Waals surface area contributed by atoms with Crippen LogP contribution in [0.25, 0.3) is 33.5 Å². The van der Waals surface area contributed by atoms with Gasteiger partial charge in [0.1, 0.15) is 22.9 Å². The molecule has 0 saturated carbocycles. The number of rotatable bonds is 3. The fraction of sp³-hybridized carbons (Fsp3) is 0.296. The van der Waals surface area contributed by atoms with Gasteiger partial charge in [-0.15, -0.1) is 0 Å². The maximum Gasteiger partial charge on any atom is 0.222 e. The highest BCUT2D eigenvalue weighted by molar-refractivity contribution is 5.94. The van der Waals surface area contributed by atoms with E-state index in [4.69, 9.17) is 19.8 Å². The van der Waals surface area contributed by atoms with Gasteiger partial charge in [-0.05, 0) is 38.7 Å². The van der Waals surface area contributed by atoms with Crippen molar-refractivity contribution in [2.24, 2.45) is 7.05 Å². The van der Waals surface area contributed by atoms with E-state index in [-0.39, 0.29) is 6.04 Å². The summed E-state index contributed by atoms with van der Waals surface area (Å²) in [6.07, 6.45) is 6.10. The Morgan fingerprint density at radius 1 is 1.11 bits per heavy atom. The highest BCUT2D eigenvalue weighted by Crippen LogP contribution is 2.34. The lowest BCUT2D eigenvalue weighted by Crippen LogP contribution is -2.13. The molecular weight excluding hydrogens is 466 g/mol. The Bertz CT molecular complexity index is 1590. The molecule has 4 aromatic heterocycles. The van der Waals surface area contributed by atoms with Crippen molar-refractivity contribution in [1.29, 1.82) is 0 Å². The molecule has 1 aliphatic rings. The van der Waals surface area contributed by atoms with Crippen molar-refractivity contribution >= 4 is 22.5 Å². The number of nitrogens with one attached hydrogen (secondary N) is 1. The number of hydrogen-bond acceptors (Lipinski definition) is 8. The summed E-state index contributed by atoms with van der Waals surface area (Å²) in [6, 6.07) is 12.5. The fourth-order valence-electron chi connectivity index (χ4n) is 4.72. The molecule has 4 bridgehead atoms. The first-order valence-corrected chi connectivity index (χ1v) is 12.3. The third-order valence-corrected chi connectivity index (χ3v) is 6.52. The molecule has 0 amide bonds. The number of aromatic nitrogens is 7. The van der Waals surface area contributed by atoms with Crippen LogP contribution in [0.15, 0.2) is 55.0 Å². The van der Waals surface area contributed by atoms with Crippen LogP contribution >= 0.6 is 0 Å². The molecule has 1 atom stereocenters. The van der Waals surface area contributed by atoms with Crippen molar-refractivity contribution in [2.75, 3.05) is 26.0 Å². The second-order valence-electron chi connectivity index (χ2n) is 9.68. The first kappa shape index (κ1) is 23.1. The zero-order chi connectivity index (χ0) is 25.5. The van der Waals surface area contributed by atoms with E-state index in [0.29, 0.717) is 29.9 Å². The van der Waals surface area contributed by atoms with Gasteiger partial charge >= 0.3 is 0 Å². The topological polar surface area (TPSA) is 98.8 Å². The summed E-state index contributed by atoms with van der Waals surface area (Å²) in [4.78, 5) is 16.0. The largest absolute Gasteiger partial charge is 0.477 e. The number of anilines is 2. The molecule has 0 fully saturated rings. The molecular formula is C27H29N9O. The van der Waals surface area contributed by atoms with Gasteiger partial charge in [-0.2, -0.15) is 10.2 Å². The van der Waals surface area contributed by atoms with E-state index in [0.717, 1.165) is 40.7 Å². The van der Waals surface area contributed by atoms with E-state index in [2.05, 4.69) is 70.3 Å². The zero-order valence-corrected chi connectivity index (χ0v) is 21.4. The molecule has 5 aromatic rings. The van der Waals surface area contributed by atoms with Gasteiger partial charge in [0.05, 0.1) is 24.4 Å². The van der Waals surface area contributed by atoms with Crippen LogP contribution in [0.5, 0.6) is 5.88 Å². The lowest BCUT2D eigenvalue weighted by atomic mass is 10.1. The normalized spacial score (nSPS) is 15.3. The Balaban J connectivity index is 1.47. The molecule has 10 nitrogen and oxygen atoms in total. The molecule has 0 saturated heterocycles. The van der Waals surface area contributed by atoms with E-state index in [1.54, 1.807) is 17.1 Å². The molecule has 0 unspecified atom stereocenters. The molecule has 5 heterocycles. The van der Waals surface area contributed by atoms with Crippen molar-refractivity contribution in [1.82, 2.24) is 39.4 Å². The monoisotopic (exact) mass is 495 g/mol. The van der Waals surface area contributed by atoms with E-state index >= 15 is 0 Å². The van der Waals surface area contributed by atoms with E-state index in [1.807, 2.05) is 25.4 Å². The molecule has 10 heteroatoms. The Hall–Kier alpha value is -4.31. The van der Waals surface area contributed by atoms with Gasteiger partial charge in [-0.3, -0.25) is 4.68 Å². The molecule has 0 aliphatic carbocycles. The Morgan fingerprint density at radius 3 is 2.86 bits per heavy atom. The van der Waals surface area contributed by atoms with Crippen LogP contribution in [0, 0.1) is 0 Å². The quantitative estimate of drug-likeness (QED) is 0.392. The number of ether oxygens (including phenoxy) is 1. The summed E-state index contributed by atoms with van der Waals surface area (Å²) in [5.74, 6) is 2.52. The number of hydrogen-bond donors (Lipinski definition) is 1. The molecule has 188 valence electrons. The molecule has 6 rings (SSSR count). The second kappa shape index (κ2) is 9.29. The summed E-state index contributed by atoms with van der Waals surface area (Å²) in [6.45, 7) is 3.53. The first-order valence-electron chi connectivity index (χ1n) is 12.3. The first-order chi connectivity index (χ1) is 18.0. The third-order valence-electron chi connectivity index (χ3n) is 6.52. The van der Waals surface area contributed by atoms with Gasteiger partial charge in [0.25, 0.3) is 0 Å². The number of nitrogens with zero attached hydrogens (tertiary/aromatic N) is 8. The molecule has 0 radical (unpaired) electrons. The number of benzene rings is 1. The van der Waals surface area contributed by atoms with Crippen LogP contribution in [0.4, 0.5) is 11.6 Å². The van der Waals surface area contributed by atoms with Crippen molar-refractivity contribution < 1.29 is 4.74 Å². The minimum atomic E-state index is 0.0881. The minimum Gasteiger partial charge on any atom is -0.477 e. The van der Waals surface area contributed by atoms with Crippen LogP contribution < -0.4 is 10.1 Å². The lowest BCUT2D eigenvalue weighted by Gasteiger charge is -2.16. The van der Waals surface area contributed by atoms with Crippen LogP contribution in [0.2, 0.25) is 0 Å². The van der Waals surface area contributed by atoms with E-state index in [9.17, 15) is 0 Å². The molecule has 1 N–H and O–H groups in total. The lowest BCUT2D eigenvalue weighted by molar-refractivity contribution is 0.260. The summed E-state index contributed by atoms with van der Waals surface area (Å²) < 4.78 is 10.0. The zero-order valence-electron chi connectivity index (χ0n) is 21.4. The summed E-state index contributed by atoms with van der Waals surface area (Å²) in [5, 5.41) is 13.8. The Morgan fingerprint density at radius 2 is 2.00 bits per heavy atom. The maximum absolute atomic E-state index is 6.21. The molecule has 1 aromatic carbocycles. The van der Waals surface area contributed by atoms with E-state index in [1.165, 1.54) is 5.56 Å². The van der Waals surface area contributed by atoms with Crippen LogP contribution in [-0.4, -0.2) is 60.1 Å². The number of aryl methyl sites for hydroxylation is 1. The van der Waals surface area contributed by atoms with Crippen molar-refractivity contribution in [3.05, 3.63) is 60.6 Å². The van der Waals surface area contributed by atoms with Crippen LogP contribution in [0.1, 0.15) is 24.9 Å². The third kappa shape index (κ3) is 4.40. The van der Waals surface area contributed by atoms with Crippen molar-refractivity contribution in [2.45, 2.75) is 25.9 Å². The average Bonchev–Trinajstić information content (AvgIpc) is 3.44. The van der Waals surface area contributed by atoms with Crippen LogP contribution in [0.3, 0.4) is 0 Å². The summed E-state index contributed by atoms with van der Waals surface area (Å²) >= 11 is 0. The molecule has 37 heavy (non-hydrogen) atoms. The highest BCUT2D eigenvalue weighted by Gasteiger charge is 2.20. The van der Waals surface area contributed by atoms with Gasteiger partial charge in [-0.25, -0.2) is 19.6 Å². The van der Waals surface area contributed by atoms with Gasteiger partial charge in [0.2, 0.25) is 5.88 Å². The second-order valence-corrected chi connectivity index (χ2v) is 9.68. The van der Waals surface area contributed by atoms with Crippen LogP contribution in [-0.2, 0) is 13.6 Å². The summed E-state index contributed by atoms with van der Waals surface area (Å²) in [7, 11) is 6.01. The standard InChI is InChI=1S/C27H29N9O/c1-17-9-11-37-27-21(15-30-35(27)4)26-28-10-8-23(32-26)31-24-13-22-20(14-29-24)25(33-36(17)22)19-7-5-6-18(12-19)16-34(2)3/h5-8,10,12-15,17H,9,11,16H2,1-4H3,(H,28,29,31,32)/t17-/m0/s1. The van der Waals surface area contributed by atoms with Gasteiger partial charge in [0, 0.05) is 49.4 Å². The number of fused-ring (bicyclic) bond motifs is 5. The smallest absolute Gasteiger partial charge is 0.222 e. The highest BCUT2D eigenvalue weighted by atomic mass is 16.5. The molecule has 1 aliphatic heterocycles.